The van der Waals surface area contributed by atoms with Crippen LogP contribution >= 0.6 is 0 Å². The van der Waals surface area contributed by atoms with Gasteiger partial charge >= 0.3 is 0 Å². The molecule has 0 fully saturated rings. The van der Waals surface area contributed by atoms with E-state index in [1.165, 1.54) is 0 Å². The fourth-order valence-electron chi connectivity index (χ4n) is 2.23. The molecular weight excluding hydrogens is 314 g/mol. The molecule has 0 aliphatic carbocycles. The van der Waals surface area contributed by atoms with Gasteiger partial charge in [0.05, 0.1) is 6.54 Å². The van der Waals surface area contributed by atoms with E-state index in [9.17, 15) is 4.79 Å². The molecule has 3 aromatic rings. The van der Waals surface area contributed by atoms with Crippen LogP contribution in [0.25, 0.3) is 11.1 Å². The van der Waals surface area contributed by atoms with Crippen molar-refractivity contribution in [3.05, 3.63) is 79.1 Å². The Balaban J connectivity index is 0.00000109. The minimum absolute atomic E-state index is 0.0782. The van der Waals surface area contributed by atoms with Gasteiger partial charge in [-0.1, -0.05) is 30.3 Å². The number of carbonyl (C=O) groups excluding carboxylic acids is 1. The van der Waals surface area contributed by atoms with Gasteiger partial charge in [-0.3, -0.25) is 9.78 Å². The van der Waals surface area contributed by atoms with Crippen LogP contribution in [0.1, 0.15) is 0 Å². The number of hydrogen-bond donors (Lipinski definition) is 3. The molecule has 2 aromatic carbocycles. The zero-order chi connectivity index (χ0) is 17.9. The number of nitrogens with zero attached hydrogens (tertiary/aromatic N) is 1. The van der Waals surface area contributed by atoms with Gasteiger partial charge in [-0.15, -0.1) is 0 Å². The van der Waals surface area contributed by atoms with Gasteiger partial charge in [0.1, 0.15) is 0 Å². The SMILES string of the molecule is CO.O=C(CNc1ccccc1)Nc1ccc(-c2ccncc2)cc1. The van der Waals surface area contributed by atoms with Crippen molar-refractivity contribution in [2.45, 2.75) is 0 Å². The van der Waals surface area contributed by atoms with E-state index in [4.69, 9.17) is 5.11 Å². The summed E-state index contributed by atoms with van der Waals surface area (Å²) in [7, 11) is 1.00. The van der Waals surface area contributed by atoms with Crippen LogP contribution < -0.4 is 10.6 Å². The van der Waals surface area contributed by atoms with Gasteiger partial charge < -0.3 is 15.7 Å². The second kappa shape index (κ2) is 9.85. The Morgan fingerprint density at radius 3 is 2.08 bits per heavy atom. The van der Waals surface area contributed by atoms with E-state index >= 15 is 0 Å². The molecule has 0 atom stereocenters. The molecule has 128 valence electrons. The van der Waals surface area contributed by atoms with E-state index in [1.807, 2.05) is 66.7 Å². The zero-order valence-electron chi connectivity index (χ0n) is 14.0. The highest BCUT2D eigenvalue weighted by Gasteiger charge is 2.03. The summed E-state index contributed by atoms with van der Waals surface area (Å²) < 4.78 is 0. The number of anilines is 2. The minimum atomic E-state index is -0.0782. The van der Waals surface area contributed by atoms with Crippen molar-refractivity contribution in [1.29, 1.82) is 0 Å². The summed E-state index contributed by atoms with van der Waals surface area (Å²) in [4.78, 5) is 16.0. The van der Waals surface area contributed by atoms with E-state index in [0.29, 0.717) is 0 Å². The number of amides is 1. The third-order valence-corrected chi connectivity index (χ3v) is 3.41. The molecule has 3 rings (SSSR count). The Kier molecular flexibility index (Phi) is 7.15. The van der Waals surface area contributed by atoms with Crippen LogP contribution in [0.5, 0.6) is 0 Å². The molecule has 0 saturated heterocycles. The molecule has 5 heteroatoms. The number of para-hydroxylation sites is 1. The highest BCUT2D eigenvalue weighted by atomic mass is 16.2. The Bertz CT molecular complexity index is 760. The summed E-state index contributed by atoms with van der Waals surface area (Å²) in [6.07, 6.45) is 3.53. The van der Waals surface area contributed by atoms with Crippen molar-refractivity contribution in [2.75, 3.05) is 24.3 Å². The summed E-state index contributed by atoms with van der Waals surface area (Å²) in [5.74, 6) is -0.0782. The fourth-order valence-corrected chi connectivity index (χ4v) is 2.23. The van der Waals surface area contributed by atoms with Gasteiger partial charge in [0.25, 0.3) is 0 Å². The normalized spacial score (nSPS) is 9.52. The van der Waals surface area contributed by atoms with Gasteiger partial charge in [-0.25, -0.2) is 0 Å². The lowest BCUT2D eigenvalue weighted by Crippen LogP contribution is -2.21. The molecule has 1 amide bonds. The summed E-state index contributed by atoms with van der Waals surface area (Å²) in [5.41, 5.74) is 3.90. The van der Waals surface area contributed by atoms with Gasteiger partial charge in [0, 0.05) is 30.9 Å². The van der Waals surface area contributed by atoms with E-state index in [0.717, 1.165) is 29.6 Å². The number of rotatable bonds is 5. The van der Waals surface area contributed by atoms with Gasteiger partial charge in [-0.05, 0) is 47.5 Å². The van der Waals surface area contributed by atoms with Crippen molar-refractivity contribution >= 4 is 17.3 Å². The van der Waals surface area contributed by atoms with Crippen LogP contribution in [0.15, 0.2) is 79.1 Å². The lowest BCUT2D eigenvalue weighted by Gasteiger charge is -2.08. The van der Waals surface area contributed by atoms with E-state index in [-0.39, 0.29) is 12.5 Å². The molecule has 0 aliphatic heterocycles. The minimum Gasteiger partial charge on any atom is -0.400 e. The standard InChI is InChI=1S/C19H17N3O.CH4O/c23-19(14-21-17-4-2-1-3-5-17)22-18-8-6-15(7-9-18)16-10-12-20-13-11-16;1-2/h1-13,21H,14H2,(H,22,23);2H,1H3. The summed E-state index contributed by atoms with van der Waals surface area (Å²) >= 11 is 0. The number of pyridine rings is 1. The van der Waals surface area contributed by atoms with Crippen molar-refractivity contribution < 1.29 is 9.90 Å². The molecule has 0 saturated carbocycles. The Labute approximate surface area is 147 Å². The van der Waals surface area contributed by atoms with Gasteiger partial charge in [-0.2, -0.15) is 0 Å². The molecule has 0 bridgehead atoms. The predicted octanol–water partition coefficient (Wildman–Crippen LogP) is 3.41. The first-order valence-corrected chi connectivity index (χ1v) is 7.85. The average molecular weight is 335 g/mol. The van der Waals surface area contributed by atoms with Crippen molar-refractivity contribution in [3.63, 3.8) is 0 Å². The maximum absolute atomic E-state index is 12.0. The number of nitrogens with one attached hydrogen (secondary N) is 2. The second-order valence-corrected chi connectivity index (χ2v) is 5.08. The first-order chi connectivity index (χ1) is 12.3. The maximum atomic E-state index is 12.0. The second-order valence-electron chi connectivity index (χ2n) is 5.08. The summed E-state index contributed by atoms with van der Waals surface area (Å²) in [6, 6.07) is 21.3. The zero-order valence-corrected chi connectivity index (χ0v) is 14.0. The molecule has 1 aromatic heterocycles. The molecule has 0 unspecified atom stereocenters. The van der Waals surface area contributed by atoms with Gasteiger partial charge in [0.2, 0.25) is 5.91 Å². The third-order valence-electron chi connectivity index (χ3n) is 3.41. The number of aliphatic hydroxyl groups excluding tert-OH is 1. The van der Waals surface area contributed by atoms with Crippen LogP contribution in [0.4, 0.5) is 11.4 Å². The fraction of sp³-hybridized carbons (Fsp3) is 0.100. The van der Waals surface area contributed by atoms with Crippen molar-refractivity contribution in [3.8, 4) is 11.1 Å². The molecule has 3 N–H and O–H groups in total. The van der Waals surface area contributed by atoms with Crippen LogP contribution in [0.2, 0.25) is 0 Å². The highest BCUT2D eigenvalue weighted by molar-refractivity contribution is 5.94. The first kappa shape index (κ1) is 18.2. The Morgan fingerprint density at radius 1 is 0.840 bits per heavy atom. The first-order valence-electron chi connectivity index (χ1n) is 7.85. The lowest BCUT2D eigenvalue weighted by atomic mass is 10.1. The number of hydrogen-bond acceptors (Lipinski definition) is 4. The Morgan fingerprint density at radius 2 is 1.44 bits per heavy atom. The smallest absolute Gasteiger partial charge is 0.243 e. The predicted molar refractivity (Wildman–Crippen MR) is 101 cm³/mol. The van der Waals surface area contributed by atoms with E-state index in [2.05, 4.69) is 15.6 Å². The topological polar surface area (TPSA) is 74.2 Å². The van der Waals surface area contributed by atoms with E-state index < -0.39 is 0 Å². The molecule has 5 nitrogen and oxygen atoms in total. The average Bonchev–Trinajstić information content (AvgIpc) is 2.70. The monoisotopic (exact) mass is 335 g/mol. The van der Waals surface area contributed by atoms with Crippen LogP contribution in [0.3, 0.4) is 0 Å². The van der Waals surface area contributed by atoms with Crippen LogP contribution in [0, 0.1) is 0 Å². The van der Waals surface area contributed by atoms with Crippen molar-refractivity contribution in [1.82, 2.24) is 4.98 Å². The van der Waals surface area contributed by atoms with Crippen molar-refractivity contribution in [2.24, 2.45) is 0 Å². The van der Waals surface area contributed by atoms with E-state index in [1.54, 1.807) is 12.4 Å². The largest absolute Gasteiger partial charge is 0.400 e. The number of carbonyl (C=O) groups is 1. The maximum Gasteiger partial charge on any atom is 0.243 e. The lowest BCUT2D eigenvalue weighted by molar-refractivity contribution is -0.114. The molecule has 0 radical (unpaired) electrons. The van der Waals surface area contributed by atoms with Gasteiger partial charge in [0.15, 0.2) is 0 Å². The quantitative estimate of drug-likeness (QED) is 0.668. The summed E-state index contributed by atoms with van der Waals surface area (Å²) in [6.45, 7) is 0.232. The Hall–Kier alpha value is -3.18. The summed E-state index contributed by atoms with van der Waals surface area (Å²) in [5, 5.41) is 13.0. The molecule has 0 spiro atoms. The number of aromatic nitrogens is 1. The van der Waals surface area contributed by atoms with Crippen LogP contribution in [-0.4, -0.2) is 29.7 Å². The molecule has 1 heterocycles. The highest BCUT2D eigenvalue weighted by Crippen LogP contribution is 2.20. The number of benzene rings is 2. The molecular formula is C20H21N3O2. The van der Waals surface area contributed by atoms with Crippen LogP contribution in [-0.2, 0) is 4.79 Å². The molecule has 25 heavy (non-hydrogen) atoms. The number of aliphatic hydroxyl groups is 1. The molecule has 0 aliphatic rings. The third kappa shape index (κ3) is 5.75.